The van der Waals surface area contributed by atoms with E-state index in [-0.39, 0.29) is 23.7 Å². The van der Waals surface area contributed by atoms with Gasteiger partial charge in [0.05, 0.1) is 11.2 Å². The van der Waals surface area contributed by atoms with Crippen molar-refractivity contribution in [3.05, 3.63) is 72.8 Å². The zero-order valence-corrected chi connectivity index (χ0v) is 22.9. The SMILES string of the molecule is O=C(Nc1ccc(-c2nc(-c3ccccc3)c3cc(NC(=O)C4CCCCC4)ccc3n2)cc1)C1CCCCC1. The normalized spacial score (nSPS) is 16.5. The molecule has 2 fully saturated rings. The highest BCUT2D eigenvalue weighted by Gasteiger charge is 2.22. The molecule has 2 N–H and O–H groups in total. The molecule has 3 aromatic carbocycles. The summed E-state index contributed by atoms with van der Waals surface area (Å²) in [6, 6.07) is 23.7. The largest absolute Gasteiger partial charge is 0.326 e. The smallest absolute Gasteiger partial charge is 0.227 e. The minimum absolute atomic E-state index is 0.0899. The lowest BCUT2D eigenvalue weighted by Gasteiger charge is -2.21. The van der Waals surface area contributed by atoms with Gasteiger partial charge in [-0.05, 0) is 68.1 Å². The lowest BCUT2D eigenvalue weighted by Crippen LogP contribution is -2.24. The number of nitrogens with one attached hydrogen (secondary N) is 2. The van der Waals surface area contributed by atoms with Gasteiger partial charge in [-0.15, -0.1) is 0 Å². The van der Waals surface area contributed by atoms with E-state index in [9.17, 15) is 9.59 Å². The van der Waals surface area contributed by atoms with E-state index in [4.69, 9.17) is 9.97 Å². The van der Waals surface area contributed by atoms with Crippen LogP contribution in [0.25, 0.3) is 33.5 Å². The van der Waals surface area contributed by atoms with Crippen LogP contribution in [-0.2, 0) is 9.59 Å². The number of fused-ring (bicyclic) bond motifs is 1. The number of aromatic nitrogens is 2. The third kappa shape index (κ3) is 5.91. The lowest BCUT2D eigenvalue weighted by atomic mass is 9.88. The van der Waals surface area contributed by atoms with Crippen LogP contribution in [-0.4, -0.2) is 21.8 Å². The Kier molecular flexibility index (Phi) is 7.85. The average molecular weight is 533 g/mol. The van der Waals surface area contributed by atoms with Crippen LogP contribution in [0.5, 0.6) is 0 Å². The highest BCUT2D eigenvalue weighted by molar-refractivity contribution is 5.99. The van der Waals surface area contributed by atoms with Crippen molar-refractivity contribution in [2.75, 3.05) is 10.6 Å². The number of benzene rings is 3. The van der Waals surface area contributed by atoms with E-state index in [1.807, 2.05) is 72.8 Å². The van der Waals surface area contributed by atoms with Gasteiger partial charge in [-0.3, -0.25) is 9.59 Å². The van der Waals surface area contributed by atoms with Gasteiger partial charge >= 0.3 is 0 Å². The fraction of sp³-hybridized carbons (Fsp3) is 0.353. The molecule has 2 saturated carbocycles. The number of anilines is 2. The van der Waals surface area contributed by atoms with Gasteiger partial charge < -0.3 is 10.6 Å². The number of amides is 2. The molecule has 0 spiro atoms. The van der Waals surface area contributed by atoms with Crippen LogP contribution in [0.4, 0.5) is 11.4 Å². The predicted octanol–water partition coefficient (Wildman–Crippen LogP) is 8.00. The molecule has 40 heavy (non-hydrogen) atoms. The Morgan fingerprint density at radius 2 is 1.18 bits per heavy atom. The van der Waals surface area contributed by atoms with Gasteiger partial charge in [0.2, 0.25) is 11.8 Å². The Hall–Kier alpha value is -4.06. The summed E-state index contributed by atoms with van der Waals surface area (Å²) in [5.74, 6) is 1.05. The molecule has 0 unspecified atom stereocenters. The summed E-state index contributed by atoms with van der Waals surface area (Å²) in [4.78, 5) is 35.5. The van der Waals surface area contributed by atoms with E-state index in [2.05, 4.69) is 10.6 Å². The van der Waals surface area contributed by atoms with Crippen LogP contribution in [0.2, 0.25) is 0 Å². The van der Waals surface area contributed by atoms with E-state index in [1.165, 1.54) is 12.8 Å². The first-order valence-electron chi connectivity index (χ1n) is 14.7. The van der Waals surface area contributed by atoms with Gasteiger partial charge in [0, 0.05) is 39.7 Å². The fourth-order valence-corrected chi connectivity index (χ4v) is 6.07. The summed E-state index contributed by atoms with van der Waals surface area (Å²) in [5, 5.41) is 7.13. The molecule has 6 rings (SSSR count). The van der Waals surface area contributed by atoms with E-state index in [0.717, 1.165) is 90.5 Å². The molecule has 4 aromatic rings. The minimum atomic E-state index is 0.0899. The molecule has 2 amide bonds. The number of rotatable bonds is 6. The first-order valence-corrected chi connectivity index (χ1v) is 14.7. The highest BCUT2D eigenvalue weighted by Crippen LogP contribution is 2.32. The summed E-state index contributed by atoms with van der Waals surface area (Å²) in [5.41, 5.74) is 5.07. The molecule has 0 atom stereocenters. The molecule has 6 heteroatoms. The van der Waals surface area contributed by atoms with Crippen molar-refractivity contribution in [2.24, 2.45) is 11.8 Å². The molecule has 0 bridgehead atoms. The molecular formula is C34H36N4O2. The number of hydrogen-bond acceptors (Lipinski definition) is 4. The van der Waals surface area contributed by atoms with Crippen molar-refractivity contribution in [1.82, 2.24) is 9.97 Å². The van der Waals surface area contributed by atoms with Crippen molar-refractivity contribution in [3.8, 4) is 22.6 Å². The standard InChI is InChI=1S/C34H36N4O2/c39-33(25-12-6-2-7-13-25)35-27-18-16-24(17-19-27)32-37-30-21-20-28(36-34(40)26-14-8-3-9-15-26)22-29(30)31(38-32)23-10-4-1-5-11-23/h1,4-5,10-11,16-22,25-26H,2-3,6-9,12-15H2,(H,35,39)(H,36,40). The maximum atomic E-state index is 12.9. The lowest BCUT2D eigenvalue weighted by molar-refractivity contribution is -0.121. The number of nitrogens with zero attached hydrogens (tertiary/aromatic N) is 2. The molecule has 2 aliphatic rings. The van der Waals surface area contributed by atoms with E-state index < -0.39 is 0 Å². The Balaban J connectivity index is 1.28. The number of carbonyl (C=O) groups excluding carboxylic acids is 2. The molecule has 0 saturated heterocycles. The Morgan fingerprint density at radius 1 is 0.600 bits per heavy atom. The molecule has 1 aromatic heterocycles. The van der Waals surface area contributed by atoms with Crippen LogP contribution in [0.15, 0.2) is 72.8 Å². The summed E-state index contributed by atoms with van der Waals surface area (Å²) in [6.45, 7) is 0. The van der Waals surface area contributed by atoms with Crippen molar-refractivity contribution in [3.63, 3.8) is 0 Å². The van der Waals surface area contributed by atoms with Crippen LogP contribution >= 0.6 is 0 Å². The molecule has 0 radical (unpaired) electrons. The summed E-state index contributed by atoms with van der Waals surface area (Å²) < 4.78 is 0. The summed E-state index contributed by atoms with van der Waals surface area (Å²) in [6.07, 6.45) is 10.8. The average Bonchev–Trinajstić information content (AvgIpc) is 3.02. The summed E-state index contributed by atoms with van der Waals surface area (Å²) in [7, 11) is 0. The first-order chi connectivity index (χ1) is 19.6. The first kappa shape index (κ1) is 26.2. The molecule has 0 aliphatic heterocycles. The van der Waals surface area contributed by atoms with Gasteiger partial charge in [-0.2, -0.15) is 0 Å². The molecular weight excluding hydrogens is 496 g/mol. The van der Waals surface area contributed by atoms with E-state index in [1.54, 1.807) is 0 Å². The van der Waals surface area contributed by atoms with Crippen molar-refractivity contribution < 1.29 is 9.59 Å². The Morgan fingerprint density at radius 3 is 1.80 bits per heavy atom. The Bertz CT molecular complexity index is 1490. The monoisotopic (exact) mass is 532 g/mol. The van der Waals surface area contributed by atoms with Gasteiger partial charge in [-0.1, -0.05) is 68.9 Å². The third-order valence-electron chi connectivity index (χ3n) is 8.37. The number of carbonyl (C=O) groups is 2. The van der Waals surface area contributed by atoms with Crippen LogP contribution in [0.1, 0.15) is 64.2 Å². The maximum Gasteiger partial charge on any atom is 0.227 e. The van der Waals surface area contributed by atoms with Gasteiger partial charge in [0.15, 0.2) is 5.82 Å². The second-order valence-electron chi connectivity index (χ2n) is 11.2. The Labute approximate surface area is 235 Å². The van der Waals surface area contributed by atoms with Crippen molar-refractivity contribution in [1.29, 1.82) is 0 Å². The van der Waals surface area contributed by atoms with Gasteiger partial charge in [0.1, 0.15) is 0 Å². The van der Waals surface area contributed by atoms with Crippen molar-refractivity contribution in [2.45, 2.75) is 64.2 Å². The topological polar surface area (TPSA) is 84.0 Å². The molecule has 6 nitrogen and oxygen atoms in total. The van der Waals surface area contributed by atoms with Gasteiger partial charge in [0.25, 0.3) is 0 Å². The summed E-state index contributed by atoms with van der Waals surface area (Å²) >= 11 is 0. The van der Waals surface area contributed by atoms with Gasteiger partial charge in [-0.25, -0.2) is 9.97 Å². The zero-order valence-electron chi connectivity index (χ0n) is 22.9. The highest BCUT2D eigenvalue weighted by atomic mass is 16.2. The van der Waals surface area contributed by atoms with E-state index >= 15 is 0 Å². The van der Waals surface area contributed by atoms with Crippen LogP contribution < -0.4 is 10.6 Å². The fourth-order valence-electron chi connectivity index (χ4n) is 6.07. The second-order valence-corrected chi connectivity index (χ2v) is 11.2. The molecule has 1 heterocycles. The van der Waals surface area contributed by atoms with Crippen LogP contribution in [0, 0.1) is 11.8 Å². The van der Waals surface area contributed by atoms with E-state index in [0.29, 0.717) is 5.82 Å². The maximum absolute atomic E-state index is 12.9. The quantitative estimate of drug-likeness (QED) is 0.263. The molecule has 204 valence electrons. The van der Waals surface area contributed by atoms with Crippen molar-refractivity contribution >= 4 is 34.1 Å². The number of hydrogen-bond donors (Lipinski definition) is 2. The zero-order chi connectivity index (χ0) is 27.3. The second kappa shape index (κ2) is 12.0. The third-order valence-corrected chi connectivity index (χ3v) is 8.37. The molecule has 2 aliphatic carbocycles. The van der Waals surface area contributed by atoms with Crippen LogP contribution in [0.3, 0.4) is 0 Å². The predicted molar refractivity (Wildman–Crippen MR) is 161 cm³/mol. The minimum Gasteiger partial charge on any atom is -0.326 e.